The molecule has 0 saturated heterocycles. The number of carbonyl (C=O) groups excluding carboxylic acids is 1. The van der Waals surface area contributed by atoms with Gasteiger partial charge in [-0.05, 0) is 63.3 Å². The fraction of sp³-hybridized carbons (Fsp3) is 0.696. The summed E-state index contributed by atoms with van der Waals surface area (Å²) in [6.07, 6.45) is 7.03. The molecule has 0 aromatic heterocycles. The SMILES string of the molecule is CCCCC[C@@](C)(OCCC)C(=O)Nc1cc(C)c(OCCCC)c(C)c1. The predicted molar refractivity (Wildman–Crippen MR) is 114 cm³/mol. The Labute approximate surface area is 166 Å². The second kappa shape index (κ2) is 12.0. The molecule has 154 valence electrons. The monoisotopic (exact) mass is 377 g/mol. The number of carbonyl (C=O) groups is 1. The first-order valence-corrected chi connectivity index (χ1v) is 10.6. The fourth-order valence-corrected chi connectivity index (χ4v) is 3.12. The van der Waals surface area contributed by atoms with Crippen molar-refractivity contribution < 1.29 is 14.3 Å². The van der Waals surface area contributed by atoms with E-state index in [1.165, 1.54) is 0 Å². The molecule has 1 N–H and O–H groups in total. The van der Waals surface area contributed by atoms with Crippen LogP contribution in [0.25, 0.3) is 0 Å². The largest absolute Gasteiger partial charge is 0.493 e. The third-order valence-electron chi connectivity index (χ3n) is 4.82. The summed E-state index contributed by atoms with van der Waals surface area (Å²) in [6, 6.07) is 3.97. The Balaban J connectivity index is 2.87. The molecule has 1 amide bonds. The maximum Gasteiger partial charge on any atom is 0.256 e. The third-order valence-corrected chi connectivity index (χ3v) is 4.82. The van der Waals surface area contributed by atoms with Crippen molar-refractivity contribution in [3.63, 3.8) is 0 Å². The lowest BCUT2D eigenvalue weighted by Crippen LogP contribution is -2.43. The predicted octanol–water partition coefficient (Wildman–Crippen LogP) is 6.19. The Kier molecular flexibility index (Phi) is 10.5. The van der Waals surface area contributed by atoms with Gasteiger partial charge in [0.25, 0.3) is 5.91 Å². The lowest BCUT2D eigenvalue weighted by atomic mass is 9.96. The van der Waals surface area contributed by atoms with Gasteiger partial charge in [0.2, 0.25) is 0 Å². The average Bonchev–Trinajstić information content (AvgIpc) is 2.62. The minimum Gasteiger partial charge on any atom is -0.493 e. The molecule has 0 fully saturated rings. The number of ether oxygens (including phenoxy) is 2. The van der Waals surface area contributed by atoms with Gasteiger partial charge in [-0.1, -0.05) is 46.5 Å². The van der Waals surface area contributed by atoms with Crippen molar-refractivity contribution in [3.05, 3.63) is 23.3 Å². The molecule has 0 spiro atoms. The molecule has 0 unspecified atom stereocenters. The topological polar surface area (TPSA) is 47.6 Å². The maximum absolute atomic E-state index is 13.0. The van der Waals surface area contributed by atoms with E-state index in [9.17, 15) is 4.79 Å². The number of hydrogen-bond acceptors (Lipinski definition) is 3. The number of rotatable bonds is 13. The van der Waals surface area contributed by atoms with Crippen molar-refractivity contribution in [1.29, 1.82) is 0 Å². The van der Waals surface area contributed by atoms with Gasteiger partial charge in [-0.25, -0.2) is 0 Å². The summed E-state index contributed by atoms with van der Waals surface area (Å²) in [4.78, 5) is 13.0. The first-order chi connectivity index (χ1) is 12.9. The van der Waals surface area contributed by atoms with Crippen LogP contribution in [0.4, 0.5) is 5.69 Å². The molecule has 0 aliphatic heterocycles. The second-order valence-electron chi connectivity index (χ2n) is 7.63. The van der Waals surface area contributed by atoms with Crippen molar-refractivity contribution >= 4 is 11.6 Å². The average molecular weight is 378 g/mol. The summed E-state index contributed by atoms with van der Waals surface area (Å²) >= 11 is 0. The molecule has 0 radical (unpaired) electrons. The number of amides is 1. The van der Waals surface area contributed by atoms with Gasteiger partial charge in [-0.2, -0.15) is 0 Å². The number of unbranched alkanes of at least 4 members (excludes halogenated alkanes) is 3. The minimum absolute atomic E-state index is 0.0643. The number of benzene rings is 1. The highest BCUT2D eigenvalue weighted by atomic mass is 16.5. The first kappa shape index (κ1) is 23.5. The lowest BCUT2D eigenvalue weighted by Gasteiger charge is -2.29. The van der Waals surface area contributed by atoms with E-state index in [0.29, 0.717) is 6.61 Å². The van der Waals surface area contributed by atoms with Crippen LogP contribution in [0.15, 0.2) is 12.1 Å². The summed E-state index contributed by atoms with van der Waals surface area (Å²) in [5, 5.41) is 3.07. The van der Waals surface area contributed by atoms with Gasteiger partial charge >= 0.3 is 0 Å². The Morgan fingerprint density at radius 2 is 1.59 bits per heavy atom. The van der Waals surface area contributed by atoms with Gasteiger partial charge in [0.1, 0.15) is 11.4 Å². The van der Waals surface area contributed by atoms with E-state index in [1.54, 1.807) is 0 Å². The number of aryl methyl sites for hydroxylation is 2. The van der Waals surface area contributed by atoms with Gasteiger partial charge in [-0.15, -0.1) is 0 Å². The fourth-order valence-electron chi connectivity index (χ4n) is 3.12. The van der Waals surface area contributed by atoms with Crippen LogP contribution in [-0.4, -0.2) is 24.7 Å². The zero-order valence-corrected chi connectivity index (χ0v) is 18.2. The molecule has 1 rings (SSSR count). The summed E-state index contributed by atoms with van der Waals surface area (Å²) < 4.78 is 11.9. The quantitative estimate of drug-likeness (QED) is 0.417. The van der Waals surface area contributed by atoms with Crippen LogP contribution in [0, 0.1) is 13.8 Å². The number of nitrogens with one attached hydrogen (secondary N) is 1. The van der Waals surface area contributed by atoms with Gasteiger partial charge < -0.3 is 14.8 Å². The molecule has 4 nitrogen and oxygen atoms in total. The van der Waals surface area contributed by atoms with Crippen LogP contribution in [0.1, 0.15) is 83.8 Å². The molecular weight excluding hydrogens is 338 g/mol. The molecule has 0 heterocycles. The van der Waals surface area contributed by atoms with Crippen LogP contribution >= 0.6 is 0 Å². The third kappa shape index (κ3) is 7.53. The Morgan fingerprint density at radius 1 is 0.963 bits per heavy atom. The highest BCUT2D eigenvalue weighted by molar-refractivity contribution is 5.97. The zero-order chi connectivity index (χ0) is 20.3. The summed E-state index contributed by atoms with van der Waals surface area (Å²) in [6.45, 7) is 13.7. The van der Waals surface area contributed by atoms with Gasteiger partial charge in [0.05, 0.1) is 6.61 Å². The van der Waals surface area contributed by atoms with E-state index in [1.807, 2.05) is 32.9 Å². The molecular formula is C23H39NO3. The smallest absolute Gasteiger partial charge is 0.256 e. The highest BCUT2D eigenvalue weighted by Gasteiger charge is 2.33. The molecule has 0 aliphatic carbocycles. The van der Waals surface area contributed by atoms with Crippen molar-refractivity contribution in [1.82, 2.24) is 0 Å². The van der Waals surface area contributed by atoms with E-state index in [4.69, 9.17) is 9.47 Å². The molecule has 0 saturated carbocycles. The van der Waals surface area contributed by atoms with Crippen LogP contribution in [-0.2, 0) is 9.53 Å². The van der Waals surface area contributed by atoms with E-state index in [2.05, 4.69) is 26.1 Å². The van der Waals surface area contributed by atoms with Crippen molar-refractivity contribution in [2.24, 2.45) is 0 Å². The molecule has 1 aromatic rings. The zero-order valence-electron chi connectivity index (χ0n) is 18.2. The van der Waals surface area contributed by atoms with Crippen LogP contribution < -0.4 is 10.1 Å². The number of hydrogen-bond donors (Lipinski definition) is 1. The van der Waals surface area contributed by atoms with Gasteiger partial charge in [-0.3, -0.25) is 4.79 Å². The first-order valence-electron chi connectivity index (χ1n) is 10.6. The molecule has 1 aromatic carbocycles. The molecule has 1 atom stereocenters. The molecule has 4 heteroatoms. The van der Waals surface area contributed by atoms with Gasteiger partial charge in [0, 0.05) is 12.3 Å². The minimum atomic E-state index is -0.788. The van der Waals surface area contributed by atoms with Crippen molar-refractivity contribution in [2.45, 2.75) is 92.1 Å². The molecule has 0 bridgehead atoms. The van der Waals surface area contributed by atoms with Gasteiger partial charge in [0.15, 0.2) is 0 Å². The Morgan fingerprint density at radius 3 is 2.15 bits per heavy atom. The molecule has 0 aliphatic rings. The molecule has 27 heavy (non-hydrogen) atoms. The summed E-state index contributed by atoms with van der Waals surface area (Å²) in [7, 11) is 0. The van der Waals surface area contributed by atoms with Crippen LogP contribution in [0.2, 0.25) is 0 Å². The van der Waals surface area contributed by atoms with Crippen LogP contribution in [0.3, 0.4) is 0 Å². The normalized spacial score (nSPS) is 13.3. The van der Waals surface area contributed by atoms with E-state index >= 15 is 0 Å². The van der Waals surface area contributed by atoms with Crippen LogP contribution in [0.5, 0.6) is 5.75 Å². The van der Waals surface area contributed by atoms with E-state index < -0.39 is 5.60 Å². The maximum atomic E-state index is 13.0. The number of anilines is 1. The van der Waals surface area contributed by atoms with Crippen molar-refractivity contribution in [2.75, 3.05) is 18.5 Å². The lowest BCUT2D eigenvalue weighted by molar-refractivity contribution is -0.140. The summed E-state index contributed by atoms with van der Waals surface area (Å²) in [5.74, 6) is 0.861. The standard InChI is InChI=1S/C23H39NO3/c1-7-10-12-13-23(6,27-14-9-3)22(25)24-20-16-18(4)21(19(5)17-20)26-15-11-8-2/h16-17H,7-15H2,1-6H3,(H,24,25)/t23-/m1/s1. The highest BCUT2D eigenvalue weighted by Crippen LogP contribution is 2.29. The Bertz CT molecular complexity index is 562. The van der Waals surface area contributed by atoms with E-state index in [0.717, 1.165) is 74.1 Å². The van der Waals surface area contributed by atoms with Crippen molar-refractivity contribution in [3.8, 4) is 5.75 Å². The summed E-state index contributed by atoms with van der Waals surface area (Å²) in [5.41, 5.74) is 2.11. The van der Waals surface area contributed by atoms with E-state index in [-0.39, 0.29) is 5.91 Å². The second-order valence-corrected chi connectivity index (χ2v) is 7.63. The Hall–Kier alpha value is -1.55.